The number of thioether (sulfide) groups is 1. The molecule has 1 heterocycles. The summed E-state index contributed by atoms with van der Waals surface area (Å²) in [4.78, 5) is 31.8. The highest BCUT2D eigenvalue weighted by atomic mass is 32.2. The van der Waals surface area contributed by atoms with Crippen molar-refractivity contribution in [2.45, 2.75) is 30.7 Å². The summed E-state index contributed by atoms with van der Waals surface area (Å²) in [5.74, 6) is 0.328. The average molecular weight is 345 g/mol. The fraction of sp³-hybridized carbons (Fsp3) is 0.250. The molecular weight excluding hydrogens is 326 g/mol. The van der Waals surface area contributed by atoms with Crippen LogP contribution in [0.5, 0.6) is 0 Å². The zero-order chi connectivity index (χ0) is 17.7. The number of hydrogen-bond acceptors (Lipinski definition) is 7. The largest absolute Gasteiger partial charge is 0.383 e. The van der Waals surface area contributed by atoms with Crippen LogP contribution >= 0.6 is 11.8 Å². The van der Waals surface area contributed by atoms with E-state index in [0.717, 1.165) is 0 Å². The highest BCUT2D eigenvalue weighted by Gasteiger charge is 2.20. The second kappa shape index (κ2) is 7.78. The van der Waals surface area contributed by atoms with Crippen LogP contribution < -0.4 is 16.8 Å². The molecule has 0 aliphatic rings. The lowest BCUT2D eigenvalue weighted by Crippen LogP contribution is -2.25. The number of carbonyl (C=O) groups is 2. The van der Waals surface area contributed by atoms with E-state index in [0.29, 0.717) is 22.8 Å². The molecule has 24 heavy (non-hydrogen) atoms. The van der Waals surface area contributed by atoms with Gasteiger partial charge >= 0.3 is 0 Å². The normalized spacial score (nSPS) is 11.8. The number of benzene rings is 1. The van der Waals surface area contributed by atoms with E-state index < -0.39 is 5.25 Å². The molecule has 0 bridgehead atoms. The number of anilines is 3. The van der Waals surface area contributed by atoms with Crippen LogP contribution in [0.3, 0.4) is 0 Å². The van der Waals surface area contributed by atoms with Gasteiger partial charge in [-0.2, -0.15) is 0 Å². The van der Waals surface area contributed by atoms with Crippen molar-refractivity contribution < 1.29 is 9.59 Å². The van der Waals surface area contributed by atoms with E-state index in [1.54, 1.807) is 24.3 Å². The van der Waals surface area contributed by atoms with Crippen LogP contribution in [0.2, 0.25) is 0 Å². The maximum absolute atomic E-state index is 12.4. The van der Waals surface area contributed by atoms with Crippen LogP contribution in [0.4, 0.5) is 17.3 Å². The first kappa shape index (κ1) is 17.7. The smallest absolute Gasteiger partial charge is 0.237 e. The Kier molecular flexibility index (Phi) is 5.75. The number of rotatable bonds is 6. The monoisotopic (exact) mass is 345 g/mol. The third-order valence-corrected chi connectivity index (χ3v) is 4.44. The van der Waals surface area contributed by atoms with Gasteiger partial charge in [0.2, 0.25) is 5.91 Å². The summed E-state index contributed by atoms with van der Waals surface area (Å²) in [5, 5.41) is 2.79. The molecule has 5 N–H and O–H groups in total. The first-order chi connectivity index (χ1) is 11.4. The van der Waals surface area contributed by atoms with Crippen LogP contribution in [0.15, 0.2) is 35.5 Å². The summed E-state index contributed by atoms with van der Waals surface area (Å²) >= 11 is 1.20. The Hall–Kier alpha value is -2.61. The molecule has 0 fully saturated rings. The number of amides is 1. The van der Waals surface area contributed by atoms with E-state index in [2.05, 4.69) is 15.3 Å². The van der Waals surface area contributed by atoms with Crippen LogP contribution in [0.1, 0.15) is 30.6 Å². The van der Waals surface area contributed by atoms with Gasteiger partial charge in [-0.15, -0.1) is 0 Å². The lowest BCUT2D eigenvalue weighted by atomic mass is 10.1. The molecule has 0 unspecified atom stereocenters. The van der Waals surface area contributed by atoms with Crippen molar-refractivity contribution in [1.82, 2.24) is 9.97 Å². The highest BCUT2D eigenvalue weighted by Crippen LogP contribution is 2.25. The quantitative estimate of drug-likeness (QED) is 0.417. The van der Waals surface area contributed by atoms with Crippen molar-refractivity contribution in [2.75, 3.05) is 16.8 Å². The van der Waals surface area contributed by atoms with Gasteiger partial charge in [0, 0.05) is 17.3 Å². The van der Waals surface area contributed by atoms with E-state index in [1.807, 2.05) is 6.92 Å². The molecule has 0 spiro atoms. The number of aromatic nitrogens is 2. The Bertz CT molecular complexity index is 728. The first-order valence-electron chi connectivity index (χ1n) is 7.37. The maximum atomic E-state index is 12.4. The van der Waals surface area contributed by atoms with Gasteiger partial charge in [0.05, 0.1) is 5.25 Å². The summed E-state index contributed by atoms with van der Waals surface area (Å²) in [6, 6.07) is 8.20. The van der Waals surface area contributed by atoms with Gasteiger partial charge in [-0.1, -0.05) is 18.7 Å². The Balaban J connectivity index is 2.06. The van der Waals surface area contributed by atoms with E-state index in [1.165, 1.54) is 24.8 Å². The molecule has 2 aromatic rings. The van der Waals surface area contributed by atoms with Crippen LogP contribution in [-0.2, 0) is 4.79 Å². The number of carbonyl (C=O) groups excluding carboxylic acids is 2. The zero-order valence-corrected chi connectivity index (χ0v) is 14.3. The fourth-order valence-corrected chi connectivity index (χ4v) is 2.88. The standard InChI is InChI=1S/C16H19N5O2S/c1-3-12(24-16-20-13(17)8-14(18)21-16)15(23)19-11-6-4-10(5-7-11)9(2)22/h4-8,12H,3H2,1-2H3,(H,19,23)(H4,17,18,20,21)/t12-/m0/s1. The van der Waals surface area contributed by atoms with Gasteiger partial charge in [0.25, 0.3) is 0 Å². The Morgan fingerprint density at radius 1 is 1.17 bits per heavy atom. The number of Topliss-reactive ketones (excluding diaryl/α,β-unsaturated/α-hetero) is 1. The first-order valence-corrected chi connectivity index (χ1v) is 8.25. The number of nitrogen functional groups attached to an aromatic ring is 2. The Labute approximate surface area is 144 Å². The van der Waals surface area contributed by atoms with E-state index in [-0.39, 0.29) is 23.3 Å². The number of nitrogens with two attached hydrogens (primary N) is 2. The molecule has 126 valence electrons. The predicted molar refractivity (Wildman–Crippen MR) is 95.9 cm³/mol. The van der Waals surface area contributed by atoms with Gasteiger partial charge < -0.3 is 16.8 Å². The molecule has 2 rings (SSSR count). The lowest BCUT2D eigenvalue weighted by molar-refractivity contribution is -0.115. The van der Waals surface area contributed by atoms with Crippen LogP contribution in [0.25, 0.3) is 0 Å². The van der Waals surface area contributed by atoms with Crippen molar-refractivity contribution in [1.29, 1.82) is 0 Å². The minimum Gasteiger partial charge on any atom is -0.383 e. The molecule has 0 aliphatic carbocycles. The topological polar surface area (TPSA) is 124 Å². The second-order valence-corrected chi connectivity index (χ2v) is 6.31. The summed E-state index contributed by atoms with van der Waals surface area (Å²) in [5.41, 5.74) is 12.5. The maximum Gasteiger partial charge on any atom is 0.237 e. The summed E-state index contributed by atoms with van der Waals surface area (Å²) in [7, 11) is 0. The third kappa shape index (κ3) is 4.69. The molecule has 0 aliphatic heterocycles. The Morgan fingerprint density at radius 3 is 2.25 bits per heavy atom. The number of ketones is 1. The second-order valence-electron chi connectivity index (χ2n) is 5.14. The molecule has 1 amide bonds. The SMILES string of the molecule is CC[C@H](Sc1nc(N)cc(N)n1)C(=O)Nc1ccc(C(C)=O)cc1. The van der Waals surface area contributed by atoms with Gasteiger partial charge in [-0.25, -0.2) is 9.97 Å². The summed E-state index contributed by atoms with van der Waals surface area (Å²) in [6.45, 7) is 3.39. The molecule has 7 nitrogen and oxygen atoms in total. The van der Waals surface area contributed by atoms with E-state index in [4.69, 9.17) is 11.5 Å². The van der Waals surface area contributed by atoms with Crippen LogP contribution in [-0.4, -0.2) is 26.9 Å². The van der Waals surface area contributed by atoms with E-state index in [9.17, 15) is 9.59 Å². The number of nitrogens with zero attached hydrogens (tertiary/aromatic N) is 2. The molecule has 1 aromatic heterocycles. The molecule has 0 radical (unpaired) electrons. The molecule has 0 saturated carbocycles. The van der Waals surface area contributed by atoms with E-state index >= 15 is 0 Å². The zero-order valence-electron chi connectivity index (χ0n) is 13.4. The minimum absolute atomic E-state index is 0.0220. The van der Waals surface area contributed by atoms with Gasteiger partial charge in [0.15, 0.2) is 10.9 Å². The van der Waals surface area contributed by atoms with Crippen LogP contribution in [0, 0.1) is 0 Å². The fourth-order valence-electron chi connectivity index (χ4n) is 1.98. The van der Waals surface area contributed by atoms with Gasteiger partial charge in [-0.05, 0) is 37.6 Å². The molecule has 0 saturated heterocycles. The summed E-state index contributed by atoms with van der Waals surface area (Å²) < 4.78 is 0. The van der Waals surface area contributed by atoms with Gasteiger partial charge in [0.1, 0.15) is 11.6 Å². The van der Waals surface area contributed by atoms with Gasteiger partial charge in [-0.3, -0.25) is 9.59 Å². The number of hydrogen-bond donors (Lipinski definition) is 3. The van der Waals surface area contributed by atoms with Crippen molar-refractivity contribution >= 4 is 40.8 Å². The highest BCUT2D eigenvalue weighted by molar-refractivity contribution is 8.00. The molecule has 1 aromatic carbocycles. The minimum atomic E-state index is -0.390. The molecular formula is C16H19N5O2S. The molecule has 1 atom stereocenters. The molecule has 8 heteroatoms. The Morgan fingerprint density at radius 2 is 1.75 bits per heavy atom. The van der Waals surface area contributed by atoms with Crippen molar-refractivity contribution in [3.05, 3.63) is 35.9 Å². The van der Waals surface area contributed by atoms with Crippen molar-refractivity contribution in [3.8, 4) is 0 Å². The third-order valence-electron chi connectivity index (χ3n) is 3.22. The van der Waals surface area contributed by atoms with Crippen molar-refractivity contribution in [3.63, 3.8) is 0 Å². The summed E-state index contributed by atoms with van der Waals surface area (Å²) in [6.07, 6.45) is 0.583. The average Bonchev–Trinajstić information content (AvgIpc) is 2.52. The predicted octanol–water partition coefficient (Wildman–Crippen LogP) is 2.35. The number of nitrogens with one attached hydrogen (secondary N) is 1. The lowest BCUT2D eigenvalue weighted by Gasteiger charge is -2.14. The van der Waals surface area contributed by atoms with Crippen molar-refractivity contribution in [2.24, 2.45) is 0 Å².